The minimum Gasteiger partial charge on any atom is -0.464 e. The van der Waals surface area contributed by atoms with Crippen molar-refractivity contribution in [3.63, 3.8) is 0 Å². The highest BCUT2D eigenvalue weighted by Gasteiger charge is 2.72. The number of esters is 1. The lowest BCUT2D eigenvalue weighted by Crippen LogP contribution is -2.99. The summed E-state index contributed by atoms with van der Waals surface area (Å²) in [6, 6.07) is 5.12. The van der Waals surface area contributed by atoms with E-state index in [-0.39, 0.29) is 12.1 Å². The molecular weight excluding hydrogens is 331 g/mol. The van der Waals surface area contributed by atoms with E-state index in [1.165, 1.54) is 23.5 Å². The Morgan fingerprint density at radius 2 is 2.04 bits per heavy atom. The molecule has 2 amide bonds. The Kier molecular flexibility index (Phi) is 4.34. The third-order valence-electron chi connectivity index (χ3n) is 5.27. The average Bonchev–Trinajstić information content (AvgIpc) is 3.09. The van der Waals surface area contributed by atoms with E-state index < -0.39 is 53.6 Å². The van der Waals surface area contributed by atoms with E-state index in [4.69, 9.17) is 4.74 Å². The van der Waals surface area contributed by atoms with Gasteiger partial charge < -0.3 is 15.2 Å². The van der Waals surface area contributed by atoms with Gasteiger partial charge in [-0.05, 0) is 13.0 Å². The zero-order valence-corrected chi connectivity index (χ0v) is 13.9. The number of quaternary nitrogens is 1. The fourth-order valence-electron chi connectivity index (χ4n) is 4.12. The molecule has 2 aliphatic heterocycles. The normalized spacial score (nSPS) is 31.4. The van der Waals surface area contributed by atoms with Gasteiger partial charge in [-0.25, -0.2) is 9.18 Å². The number of hydrogen-bond acceptors (Lipinski definition) is 5. The number of carbonyl (C=O) groups excluding carboxylic acids is 3. The number of aliphatic hydroxyl groups excluding tert-OH is 1. The maximum atomic E-state index is 14.3. The molecule has 0 unspecified atom stereocenters. The van der Waals surface area contributed by atoms with Gasteiger partial charge in [0.25, 0.3) is 0 Å². The fourth-order valence-corrected chi connectivity index (χ4v) is 4.12. The van der Waals surface area contributed by atoms with Crippen LogP contribution in [0.15, 0.2) is 24.3 Å². The van der Waals surface area contributed by atoms with Gasteiger partial charge in [0.05, 0.1) is 7.11 Å². The largest absolute Gasteiger partial charge is 0.464 e. The van der Waals surface area contributed by atoms with Crippen molar-refractivity contribution >= 4 is 17.8 Å². The summed E-state index contributed by atoms with van der Waals surface area (Å²) in [6.07, 6.45) is 0. The molecule has 0 saturated carbocycles. The predicted molar refractivity (Wildman–Crippen MR) is 82.3 cm³/mol. The van der Waals surface area contributed by atoms with Crippen LogP contribution in [0, 0.1) is 17.7 Å². The van der Waals surface area contributed by atoms with Gasteiger partial charge in [0.2, 0.25) is 17.4 Å². The van der Waals surface area contributed by atoms with Crippen molar-refractivity contribution in [2.24, 2.45) is 11.8 Å². The van der Waals surface area contributed by atoms with Gasteiger partial charge in [0, 0.05) is 12.1 Å². The van der Waals surface area contributed by atoms with Crippen LogP contribution >= 0.6 is 0 Å². The molecule has 7 nitrogen and oxygen atoms in total. The molecule has 0 spiro atoms. The number of benzene rings is 1. The van der Waals surface area contributed by atoms with Gasteiger partial charge in [-0.15, -0.1) is 0 Å². The summed E-state index contributed by atoms with van der Waals surface area (Å²) in [5, 5.41) is 11.4. The molecule has 25 heavy (non-hydrogen) atoms. The highest BCUT2D eigenvalue weighted by atomic mass is 19.1. The minimum absolute atomic E-state index is 0.150. The average molecular weight is 351 g/mol. The van der Waals surface area contributed by atoms with E-state index in [0.717, 1.165) is 12.0 Å². The Hall–Kier alpha value is -2.32. The van der Waals surface area contributed by atoms with Crippen molar-refractivity contribution in [3.05, 3.63) is 35.6 Å². The predicted octanol–water partition coefficient (Wildman–Crippen LogP) is -1.03. The number of fused-ring (bicyclic) bond motifs is 1. The molecule has 0 aliphatic carbocycles. The third-order valence-corrected chi connectivity index (χ3v) is 5.27. The van der Waals surface area contributed by atoms with Gasteiger partial charge in [-0.3, -0.25) is 14.5 Å². The number of rotatable bonds is 4. The van der Waals surface area contributed by atoms with Gasteiger partial charge >= 0.3 is 5.97 Å². The van der Waals surface area contributed by atoms with Crippen LogP contribution < -0.4 is 5.32 Å². The van der Waals surface area contributed by atoms with Crippen LogP contribution in [-0.4, -0.2) is 53.6 Å². The first kappa shape index (κ1) is 17.5. The second-order valence-corrected chi connectivity index (χ2v) is 6.33. The second-order valence-electron chi connectivity index (χ2n) is 6.33. The number of ether oxygens (including phenoxy) is 1. The van der Waals surface area contributed by atoms with Gasteiger partial charge in [0.15, 0.2) is 0 Å². The minimum atomic E-state index is -1.66. The maximum absolute atomic E-state index is 14.3. The number of nitrogens with zero attached hydrogens (tertiary/aromatic N) is 1. The Labute approximate surface area is 143 Å². The van der Waals surface area contributed by atoms with E-state index in [0.29, 0.717) is 0 Å². The highest BCUT2D eigenvalue weighted by Crippen LogP contribution is 2.44. The first-order valence-corrected chi connectivity index (χ1v) is 8.07. The molecule has 0 bridgehead atoms. The molecule has 0 aromatic heterocycles. The van der Waals surface area contributed by atoms with E-state index in [2.05, 4.69) is 0 Å². The summed E-state index contributed by atoms with van der Waals surface area (Å²) in [4.78, 5) is 39.0. The maximum Gasteiger partial charge on any atom is 0.371 e. The standard InChI is InChI=1S/C17H19FN2O5/c1-3-20-14(22)11-12(15(20)23)17(8-21,16(24)25-2)19-13(11)9-6-4-5-7-10(9)18/h4-7,11-13,19,21H,3,8H2,1-2H3/p+1/t11-,12-,13+,17+/m0/s1. The molecule has 3 N–H and O–H groups in total. The SMILES string of the molecule is CCN1C(=O)[C@@H]2[C@@H](c3ccccc3F)[NH2+][C@@](CO)(C(=O)OC)[C@@H]2C1=O. The van der Waals surface area contributed by atoms with Crippen LogP contribution in [0.5, 0.6) is 0 Å². The number of aliphatic hydroxyl groups is 1. The molecule has 4 atom stereocenters. The zero-order chi connectivity index (χ0) is 18.4. The monoisotopic (exact) mass is 351 g/mol. The number of likely N-dealkylation sites (tertiary alicyclic amines) is 1. The van der Waals surface area contributed by atoms with Crippen molar-refractivity contribution in [2.45, 2.75) is 18.5 Å². The fraction of sp³-hybridized carbons (Fsp3) is 0.471. The molecular formula is C17H20FN2O5+. The first-order valence-electron chi connectivity index (χ1n) is 8.07. The van der Waals surface area contributed by atoms with Crippen LogP contribution in [0.2, 0.25) is 0 Å². The summed E-state index contributed by atoms with van der Waals surface area (Å²) in [6.45, 7) is 1.11. The quantitative estimate of drug-likeness (QED) is 0.534. The number of nitrogens with two attached hydrogens (primary N) is 1. The number of amides is 2. The third kappa shape index (κ3) is 2.28. The van der Waals surface area contributed by atoms with Crippen LogP contribution in [0.1, 0.15) is 18.5 Å². The number of halogens is 1. The molecule has 134 valence electrons. The van der Waals surface area contributed by atoms with Crippen LogP contribution in [0.3, 0.4) is 0 Å². The van der Waals surface area contributed by atoms with Crippen molar-refractivity contribution < 1.29 is 33.9 Å². The van der Waals surface area contributed by atoms with E-state index in [1.54, 1.807) is 13.0 Å². The number of imide groups is 1. The van der Waals surface area contributed by atoms with Crippen molar-refractivity contribution in [1.29, 1.82) is 0 Å². The van der Waals surface area contributed by atoms with E-state index in [9.17, 15) is 23.9 Å². The lowest BCUT2D eigenvalue weighted by atomic mass is 9.79. The number of carbonyl (C=O) groups is 3. The summed E-state index contributed by atoms with van der Waals surface area (Å²) in [7, 11) is 1.15. The topological polar surface area (TPSA) is 101 Å². The Morgan fingerprint density at radius 3 is 2.60 bits per heavy atom. The summed E-state index contributed by atoms with van der Waals surface area (Å²) < 4.78 is 19.1. The number of hydrogen-bond donors (Lipinski definition) is 2. The van der Waals surface area contributed by atoms with Crippen molar-refractivity contribution in [1.82, 2.24) is 4.90 Å². The lowest BCUT2D eigenvalue weighted by Gasteiger charge is -2.27. The Morgan fingerprint density at radius 1 is 1.36 bits per heavy atom. The molecule has 0 radical (unpaired) electrons. The molecule has 2 fully saturated rings. The number of methoxy groups -OCH3 is 1. The molecule has 8 heteroatoms. The molecule has 3 rings (SSSR count). The van der Waals surface area contributed by atoms with Gasteiger partial charge in [-0.2, -0.15) is 0 Å². The molecule has 2 saturated heterocycles. The van der Waals surface area contributed by atoms with Crippen molar-refractivity contribution in [2.75, 3.05) is 20.3 Å². The summed E-state index contributed by atoms with van der Waals surface area (Å²) in [5.74, 6) is -4.36. The molecule has 2 heterocycles. The molecule has 1 aromatic rings. The lowest BCUT2D eigenvalue weighted by molar-refractivity contribution is -0.735. The van der Waals surface area contributed by atoms with Gasteiger partial charge in [0.1, 0.15) is 30.3 Å². The zero-order valence-electron chi connectivity index (χ0n) is 13.9. The first-order chi connectivity index (χ1) is 11.9. The van der Waals surface area contributed by atoms with Crippen LogP contribution in [-0.2, 0) is 19.1 Å². The Bertz CT molecular complexity index is 740. The summed E-state index contributed by atoms with van der Waals surface area (Å²) >= 11 is 0. The smallest absolute Gasteiger partial charge is 0.371 e. The molecule has 2 aliphatic rings. The highest BCUT2D eigenvalue weighted by molar-refractivity contribution is 6.08. The molecule has 1 aromatic carbocycles. The van der Waals surface area contributed by atoms with E-state index in [1.807, 2.05) is 0 Å². The van der Waals surface area contributed by atoms with Crippen molar-refractivity contribution in [3.8, 4) is 0 Å². The van der Waals surface area contributed by atoms with Gasteiger partial charge in [-0.1, -0.05) is 18.2 Å². The Balaban J connectivity index is 2.17. The second kappa shape index (κ2) is 6.20. The summed E-state index contributed by atoms with van der Waals surface area (Å²) in [5.41, 5.74) is -1.45. The van der Waals surface area contributed by atoms with E-state index >= 15 is 0 Å². The van der Waals surface area contributed by atoms with Crippen LogP contribution in [0.25, 0.3) is 0 Å². The van der Waals surface area contributed by atoms with Crippen LogP contribution in [0.4, 0.5) is 4.39 Å².